The van der Waals surface area contributed by atoms with Crippen molar-refractivity contribution in [3.05, 3.63) is 22.9 Å². The Kier molecular flexibility index (Phi) is 3.14. The van der Waals surface area contributed by atoms with Crippen LogP contribution in [-0.4, -0.2) is 0 Å². The van der Waals surface area contributed by atoms with E-state index in [0.29, 0.717) is 5.75 Å². The molecule has 0 bridgehead atoms. The van der Waals surface area contributed by atoms with Crippen LogP contribution in [-0.2, 0) is 4.57 Å². The molecule has 0 aliphatic rings. The van der Waals surface area contributed by atoms with Gasteiger partial charge in [0, 0.05) is 34.6 Å². The van der Waals surface area contributed by atoms with Gasteiger partial charge in [-0.05, 0) is 0 Å². The van der Waals surface area contributed by atoms with Crippen molar-refractivity contribution >= 4 is 39.9 Å². The van der Waals surface area contributed by atoms with Crippen LogP contribution < -0.4 is 4.52 Å². The molecule has 0 spiro atoms. The molecule has 0 aliphatic heterocycles. The number of halogens is 2. The van der Waals surface area contributed by atoms with Gasteiger partial charge in [-0.15, -0.1) is 0 Å². The van der Waals surface area contributed by atoms with Crippen LogP contribution in [0.3, 0.4) is 0 Å². The summed E-state index contributed by atoms with van der Waals surface area (Å²) in [5.41, 5.74) is 0. The Morgan fingerprint density at radius 1 is 1.36 bits per heavy atom. The molecule has 0 saturated heterocycles. The summed E-state index contributed by atoms with van der Waals surface area (Å²) in [6.45, 7) is 0. The van der Waals surface area contributed by atoms with E-state index in [0.717, 1.165) is 0 Å². The lowest BCUT2D eigenvalue weighted by molar-refractivity contribution is 0.513. The Labute approximate surface area is 77.8 Å². The quantitative estimate of drug-likeness (QED) is 0.567. The molecule has 11 heavy (non-hydrogen) atoms. The molecule has 0 atom stereocenters. The van der Waals surface area contributed by atoms with Crippen LogP contribution in [0.5, 0.6) is 5.75 Å². The summed E-state index contributed by atoms with van der Waals surface area (Å²) in [6.07, 6.45) is -3.44. The first-order chi connectivity index (χ1) is 5.08. The predicted molar refractivity (Wildman–Crippen MR) is 48.7 cm³/mol. The standard InChI is InChI=1S/C5H4Cl2O2PS/c6-10(7,8)9-5-1-3-11-4-2-5/h1-4H/q+1. The van der Waals surface area contributed by atoms with E-state index in [1.165, 1.54) is 11.3 Å². The van der Waals surface area contributed by atoms with Crippen LogP contribution >= 0.6 is 39.9 Å². The van der Waals surface area contributed by atoms with Gasteiger partial charge in [0.15, 0.2) is 10.8 Å². The van der Waals surface area contributed by atoms with Crippen molar-refractivity contribution < 1.29 is 9.09 Å². The zero-order valence-corrected chi connectivity index (χ0v) is 8.46. The second-order valence-corrected chi connectivity index (χ2v) is 6.67. The van der Waals surface area contributed by atoms with Crippen molar-refractivity contribution in [2.45, 2.75) is 0 Å². The second kappa shape index (κ2) is 3.72. The van der Waals surface area contributed by atoms with Crippen molar-refractivity contribution in [2.75, 3.05) is 0 Å². The van der Waals surface area contributed by atoms with Crippen LogP contribution in [0.25, 0.3) is 0 Å². The monoisotopic (exact) mass is 229 g/mol. The molecular weight excluding hydrogens is 226 g/mol. The fourth-order valence-corrected chi connectivity index (χ4v) is 1.86. The van der Waals surface area contributed by atoms with Crippen LogP contribution in [0.4, 0.5) is 0 Å². The van der Waals surface area contributed by atoms with Gasteiger partial charge >= 0.3 is 6.07 Å². The van der Waals surface area contributed by atoms with Gasteiger partial charge in [0.25, 0.3) is 0 Å². The Bertz CT molecular complexity index is 273. The van der Waals surface area contributed by atoms with Gasteiger partial charge < -0.3 is 4.52 Å². The number of hydrogen-bond acceptors (Lipinski definition) is 2. The summed E-state index contributed by atoms with van der Waals surface area (Å²) in [5, 5.41) is 3.55. The van der Waals surface area contributed by atoms with E-state index in [1.807, 2.05) is 0 Å². The minimum absolute atomic E-state index is 0.414. The van der Waals surface area contributed by atoms with E-state index in [4.69, 9.17) is 27.0 Å². The number of hydrogen-bond donors (Lipinski definition) is 0. The summed E-state index contributed by atoms with van der Waals surface area (Å²) in [7, 11) is 0. The first-order valence-corrected chi connectivity index (χ1v) is 7.00. The van der Waals surface area contributed by atoms with Crippen molar-refractivity contribution in [3.8, 4) is 5.75 Å². The van der Waals surface area contributed by atoms with Crippen molar-refractivity contribution in [1.82, 2.24) is 0 Å². The summed E-state index contributed by atoms with van der Waals surface area (Å²) < 4.78 is 15.4. The molecule has 0 aliphatic carbocycles. The molecule has 0 N–H and O–H groups in total. The van der Waals surface area contributed by atoms with Crippen molar-refractivity contribution in [3.63, 3.8) is 0 Å². The van der Waals surface area contributed by atoms with Gasteiger partial charge in [0.05, 0.1) is 0 Å². The first-order valence-electron chi connectivity index (χ1n) is 2.62. The highest BCUT2D eigenvalue weighted by Crippen LogP contribution is 2.57. The van der Waals surface area contributed by atoms with Crippen LogP contribution in [0, 0.1) is 0 Å². The van der Waals surface area contributed by atoms with Crippen molar-refractivity contribution in [1.29, 1.82) is 0 Å². The molecule has 0 fully saturated rings. The summed E-state index contributed by atoms with van der Waals surface area (Å²) in [5.74, 6) is 0.414. The zero-order valence-electron chi connectivity index (χ0n) is 5.24. The smallest absolute Gasteiger partial charge is 0.422 e. The highest BCUT2D eigenvalue weighted by Gasteiger charge is 2.16. The van der Waals surface area contributed by atoms with E-state index in [1.54, 1.807) is 22.9 Å². The molecule has 1 rings (SSSR count). The van der Waals surface area contributed by atoms with Crippen LogP contribution in [0.2, 0.25) is 0 Å². The summed E-state index contributed by atoms with van der Waals surface area (Å²) in [6, 6.07) is 3.28. The van der Waals surface area contributed by atoms with Gasteiger partial charge in [-0.25, -0.2) is 4.57 Å². The Balaban J connectivity index is 2.74. The van der Waals surface area contributed by atoms with Gasteiger partial charge in [0.1, 0.15) is 5.75 Å². The normalized spacial score (nSPS) is 11.1. The zero-order chi connectivity index (χ0) is 8.32. The third kappa shape index (κ3) is 3.92. The highest BCUT2D eigenvalue weighted by atomic mass is 35.9. The van der Waals surface area contributed by atoms with E-state index < -0.39 is 6.07 Å². The molecule has 0 unspecified atom stereocenters. The van der Waals surface area contributed by atoms with E-state index >= 15 is 0 Å². The molecule has 60 valence electrons. The lowest BCUT2D eigenvalue weighted by atomic mass is 10.5. The second-order valence-electron chi connectivity index (χ2n) is 1.65. The SMILES string of the molecule is O=P(Cl)(Cl)Oc1cc[s+]cc1. The maximum Gasteiger partial charge on any atom is 0.428 e. The average Bonchev–Trinajstić information content (AvgIpc) is 1.85. The molecule has 1 aromatic rings. The van der Waals surface area contributed by atoms with Gasteiger partial charge in [-0.3, -0.25) is 0 Å². The molecule has 0 amide bonds. The Hall–Kier alpha value is 0.180. The Morgan fingerprint density at radius 2 is 1.91 bits per heavy atom. The lowest BCUT2D eigenvalue weighted by Crippen LogP contribution is -1.78. The molecule has 0 saturated carbocycles. The third-order valence-corrected chi connectivity index (χ3v) is 2.26. The highest BCUT2D eigenvalue weighted by molar-refractivity contribution is 8.05. The number of rotatable bonds is 2. The first kappa shape index (κ1) is 9.27. The molecule has 0 radical (unpaired) electrons. The fraction of sp³-hybridized carbons (Fsp3) is 0. The van der Waals surface area contributed by atoms with E-state index in [9.17, 15) is 4.57 Å². The lowest BCUT2D eigenvalue weighted by Gasteiger charge is -2.02. The van der Waals surface area contributed by atoms with Gasteiger partial charge in [-0.1, -0.05) is 0 Å². The predicted octanol–water partition coefficient (Wildman–Crippen LogP) is 3.99. The van der Waals surface area contributed by atoms with Gasteiger partial charge in [-0.2, -0.15) is 0 Å². The molecule has 1 aromatic heterocycles. The molecule has 2 nitrogen and oxygen atoms in total. The van der Waals surface area contributed by atoms with E-state index in [-0.39, 0.29) is 0 Å². The average molecular weight is 230 g/mol. The summed E-state index contributed by atoms with van der Waals surface area (Å²) >= 11 is 11.8. The van der Waals surface area contributed by atoms with Crippen LogP contribution in [0.1, 0.15) is 0 Å². The summed E-state index contributed by atoms with van der Waals surface area (Å²) in [4.78, 5) is 0. The Morgan fingerprint density at radius 3 is 2.36 bits per heavy atom. The van der Waals surface area contributed by atoms with Crippen molar-refractivity contribution in [2.24, 2.45) is 0 Å². The topological polar surface area (TPSA) is 26.3 Å². The van der Waals surface area contributed by atoms with Crippen LogP contribution in [0.15, 0.2) is 22.9 Å². The molecule has 0 aromatic carbocycles. The molecular formula is C5H4Cl2O2PS+. The molecule has 6 heteroatoms. The third-order valence-electron chi connectivity index (χ3n) is 0.833. The fourth-order valence-electron chi connectivity index (χ4n) is 0.497. The maximum atomic E-state index is 10.7. The minimum Gasteiger partial charge on any atom is -0.422 e. The largest absolute Gasteiger partial charge is 0.428 e. The maximum absolute atomic E-state index is 10.7. The van der Waals surface area contributed by atoms with E-state index in [2.05, 4.69) is 0 Å². The minimum atomic E-state index is -3.44. The molecule has 1 heterocycles. The van der Waals surface area contributed by atoms with Gasteiger partial charge in [0.2, 0.25) is 11.3 Å².